The van der Waals surface area contributed by atoms with Gasteiger partial charge in [0.1, 0.15) is 6.61 Å². The molecule has 0 bridgehead atoms. The molecule has 1 saturated heterocycles. The Labute approximate surface area is 111 Å². The van der Waals surface area contributed by atoms with Crippen molar-refractivity contribution in [1.82, 2.24) is 10.6 Å². The summed E-state index contributed by atoms with van der Waals surface area (Å²) in [7, 11) is 0. The zero-order valence-electron chi connectivity index (χ0n) is 11.1. The normalized spacial score (nSPS) is 23.6. The number of nitrogens with one attached hydrogen (secondary N) is 2. The van der Waals surface area contributed by atoms with Gasteiger partial charge in [-0.15, -0.1) is 0 Å². The van der Waals surface area contributed by atoms with Gasteiger partial charge in [0.05, 0.1) is 12.1 Å². The average molecular weight is 282 g/mol. The van der Waals surface area contributed by atoms with Crippen LogP contribution in [-0.2, 0) is 9.53 Å². The Morgan fingerprint density at radius 3 is 2.74 bits per heavy atom. The van der Waals surface area contributed by atoms with E-state index in [0.29, 0.717) is 0 Å². The fourth-order valence-corrected chi connectivity index (χ4v) is 2.35. The van der Waals surface area contributed by atoms with Crippen molar-refractivity contribution in [2.75, 3.05) is 26.3 Å². The lowest BCUT2D eigenvalue weighted by molar-refractivity contribution is -0.173. The molecule has 4 nitrogen and oxygen atoms in total. The summed E-state index contributed by atoms with van der Waals surface area (Å²) in [6.07, 6.45) is -0.984. The van der Waals surface area contributed by atoms with Crippen LogP contribution in [0.4, 0.5) is 13.2 Å². The SMILES string of the molecule is CCCC1(C(=O)NCCOCC(F)(F)F)CCCN1. The van der Waals surface area contributed by atoms with Crippen molar-refractivity contribution in [3.8, 4) is 0 Å². The van der Waals surface area contributed by atoms with Crippen LogP contribution in [0.5, 0.6) is 0 Å². The number of alkyl halides is 3. The minimum Gasteiger partial charge on any atom is -0.370 e. The molecule has 19 heavy (non-hydrogen) atoms. The number of carbonyl (C=O) groups is 1. The fourth-order valence-electron chi connectivity index (χ4n) is 2.35. The predicted molar refractivity (Wildman–Crippen MR) is 64.8 cm³/mol. The van der Waals surface area contributed by atoms with E-state index in [1.807, 2.05) is 6.92 Å². The third-order valence-corrected chi connectivity index (χ3v) is 3.15. The van der Waals surface area contributed by atoms with Gasteiger partial charge in [-0.3, -0.25) is 4.79 Å². The van der Waals surface area contributed by atoms with E-state index in [1.54, 1.807) is 0 Å². The Balaban J connectivity index is 2.26. The second-order valence-corrected chi connectivity index (χ2v) is 4.79. The predicted octanol–water partition coefficient (Wildman–Crippen LogP) is 1.60. The molecule has 1 aliphatic rings. The summed E-state index contributed by atoms with van der Waals surface area (Å²) < 4.78 is 39.9. The van der Waals surface area contributed by atoms with Crippen LogP contribution in [0.3, 0.4) is 0 Å². The van der Waals surface area contributed by atoms with Gasteiger partial charge in [0, 0.05) is 6.54 Å². The quantitative estimate of drug-likeness (QED) is 0.697. The highest BCUT2D eigenvalue weighted by atomic mass is 19.4. The smallest absolute Gasteiger partial charge is 0.370 e. The summed E-state index contributed by atoms with van der Waals surface area (Å²) in [4.78, 5) is 12.1. The van der Waals surface area contributed by atoms with Crippen molar-refractivity contribution in [3.05, 3.63) is 0 Å². The van der Waals surface area contributed by atoms with Gasteiger partial charge in [-0.05, 0) is 25.8 Å². The molecule has 1 atom stereocenters. The van der Waals surface area contributed by atoms with Crippen molar-refractivity contribution in [3.63, 3.8) is 0 Å². The third-order valence-electron chi connectivity index (χ3n) is 3.15. The molecule has 1 heterocycles. The monoisotopic (exact) mass is 282 g/mol. The van der Waals surface area contributed by atoms with E-state index in [-0.39, 0.29) is 19.1 Å². The van der Waals surface area contributed by atoms with E-state index in [2.05, 4.69) is 15.4 Å². The van der Waals surface area contributed by atoms with Gasteiger partial charge in [0.2, 0.25) is 5.91 Å². The largest absolute Gasteiger partial charge is 0.411 e. The van der Waals surface area contributed by atoms with Gasteiger partial charge in [-0.1, -0.05) is 13.3 Å². The Hall–Kier alpha value is -0.820. The molecule has 0 aromatic rings. The van der Waals surface area contributed by atoms with Gasteiger partial charge in [0.15, 0.2) is 0 Å². The summed E-state index contributed by atoms with van der Waals surface area (Å²) in [5.74, 6) is -0.137. The lowest BCUT2D eigenvalue weighted by Crippen LogP contribution is -2.54. The molecule has 1 aliphatic heterocycles. The Morgan fingerprint density at radius 1 is 1.47 bits per heavy atom. The summed E-state index contributed by atoms with van der Waals surface area (Å²) in [5, 5.41) is 5.85. The Kier molecular flexibility index (Phi) is 6.06. The summed E-state index contributed by atoms with van der Waals surface area (Å²) in [6, 6.07) is 0. The van der Waals surface area contributed by atoms with Crippen molar-refractivity contribution >= 4 is 5.91 Å². The Morgan fingerprint density at radius 2 is 2.21 bits per heavy atom. The van der Waals surface area contributed by atoms with E-state index < -0.39 is 18.3 Å². The number of amides is 1. The highest BCUT2D eigenvalue weighted by Gasteiger charge is 2.39. The summed E-state index contributed by atoms with van der Waals surface area (Å²) in [5.41, 5.74) is -0.543. The maximum absolute atomic E-state index is 12.1. The first kappa shape index (κ1) is 16.2. The van der Waals surface area contributed by atoms with Crippen LogP contribution in [0, 0.1) is 0 Å². The second kappa shape index (κ2) is 7.09. The molecule has 0 aliphatic carbocycles. The molecule has 2 N–H and O–H groups in total. The minimum atomic E-state index is -4.32. The third kappa shape index (κ3) is 5.36. The molecular formula is C12H21F3N2O2. The van der Waals surface area contributed by atoms with Crippen molar-refractivity contribution in [2.45, 2.75) is 44.3 Å². The molecule has 7 heteroatoms. The topological polar surface area (TPSA) is 50.4 Å². The van der Waals surface area contributed by atoms with Crippen LogP contribution in [0.15, 0.2) is 0 Å². The zero-order chi connectivity index (χ0) is 14.4. The van der Waals surface area contributed by atoms with Gasteiger partial charge in [-0.25, -0.2) is 0 Å². The molecule has 1 fully saturated rings. The van der Waals surface area contributed by atoms with Crippen molar-refractivity contribution in [2.24, 2.45) is 0 Å². The molecule has 0 radical (unpaired) electrons. The van der Waals surface area contributed by atoms with Crippen molar-refractivity contribution in [1.29, 1.82) is 0 Å². The van der Waals surface area contributed by atoms with Crippen LogP contribution in [-0.4, -0.2) is 43.9 Å². The Bertz CT molecular complexity index is 289. The first-order valence-electron chi connectivity index (χ1n) is 6.57. The van der Waals surface area contributed by atoms with Gasteiger partial charge >= 0.3 is 6.18 Å². The first-order valence-corrected chi connectivity index (χ1v) is 6.57. The molecule has 0 spiro atoms. The number of hydrogen-bond donors (Lipinski definition) is 2. The van der Waals surface area contributed by atoms with Crippen LogP contribution < -0.4 is 10.6 Å². The van der Waals surface area contributed by atoms with Gasteiger partial charge in [0.25, 0.3) is 0 Å². The van der Waals surface area contributed by atoms with Crippen LogP contribution in [0.25, 0.3) is 0 Å². The standard InChI is InChI=1S/C12H21F3N2O2/c1-2-4-11(5-3-6-17-11)10(18)16-7-8-19-9-12(13,14)15/h17H,2-9H2,1H3,(H,16,18). The van der Waals surface area contributed by atoms with E-state index in [1.165, 1.54) is 0 Å². The number of carbonyl (C=O) groups excluding carboxylic acids is 1. The maximum atomic E-state index is 12.1. The maximum Gasteiger partial charge on any atom is 0.411 e. The minimum absolute atomic E-state index is 0.0993. The summed E-state index contributed by atoms with van der Waals surface area (Å²) >= 11 is 0. The van der Waals surface area contributed by atoms with E-state index >= 15 is 0 Å². The second-order valence-electron chi connectivity index (χ2n) is 4.79. The van der Waals surface area contributed by atoms with Gasteiger partial charge < -0.3 is 15.4 Å². The molecule has 1 amide bonds. The number of rotatable bonds is 7. The molecule has 1 unspecified atom stereocenters. The molecule has 0 aromatic carbocycles. The fraction of sp³-hybridized carbons (Fsp3) is 0.917. The van der Waals surface area contributed by atoms with E-state index in [0.717, 1.165) is 32.2 Å². The molecule has 112 valence electrons. The number of halogens is 3. The lowest BCUT2D eigenvalue weighted by atomic mass is 9.91. The van der Waals surface area contributed by atoms with E-state index in [9.17, 15) is 18.0 Å². The number of hydrogen-bond acceptors (Lipinski definition) is 3. The molecule has 1 rings (SSSR count). The van der Waals surface area contributed by atoms with Crippen molar-refractivity contribution < 1.29 is 22.7 Å². The van der Waals surface area contributed by atoms with Crippen LogP contribution in [0.1, 0.15) is 32.6 Å². The van der Waals surface area contributed by atoms with Crippen LogP contribution >= 0.6 is 0 Å². The molecule has 0 saturated carbocycles. The number of ether oxygens (including phenoxy) is 1. The first-order chi connectivity index (χ1) is 8.90. The zero-order valence-corrected chi connectivity index (χ0v) is 11.1. The van der Waals surface area contributed by atoms with Gasteiger partial charge in [-0.2, -0.15) is 13.2 Å². The highest BCUT2D eigenvalue weighted by molar-refractivity contribution is 5.86. The summed E-state index contributed by atoms with van der Waals surface area (Å²) in [6.45, 7) is 1.50. The van der Waals surface area contributed by atoms with Crippen LogP contribution in [0.2, 0.25) is 0 Å². The molecular weight excluding hydrogens is 261 g/mol. The highest BCUT2D eigenvalue weighted by Crippen LogP contribution is 2.24. The average Bonchev–Trinajstić information content (AvgIpc) is 2.77. The van der Waals surface area contributed by atoms with E-state index in [4.69, 9.17) is 0 Å². The lowest BCUT2D eigenvalue weighted by Gasteiger charge is -2.27. The molecule has 0 aromatic heterocycles.